The molecule has 0 aliphatic carbocycles. The van der Waals surface area contributed by atoms with Gasteiger partial charge in [-0.05, 0) is 65.4 Å². The van der Waals surface area contributed by atoms with Crippen molar-refractivity contribution in [1.29, 1.82) is 0 Å². The zero-order valence-electron chi connectivity index (χ0n) is 16.3. The molecular weight excluding hydrogens is 332 g/mol. The van der Waals surface area contributed by atoms with E-state index in [9.17, 15) is 9.59 Å². The molecule has 0 unspecified atom stereocenters. The fourth-order valence-corrected chi connectivity index (χ4v) is 2.10. The molecule has 0 bridgehead atoms. The van der Waals surface area contributed by atoms with Crippen LogP contribution in [0.4, 0.5) is 16.2 Å². The molecule has 1 aromatic carbocycles. The van der Waals surface area contributed by atoms with Crippen molar-refractivity contribution in [2.75, 3.05) is 65.1 Å². The van der Waals surface area contributed by atoms with E-state index in [0.717, 1.165) is 30.9 Å². The van der Waals surface area contributed by atoms with Crippen molar-refractivity contribution >= 4 is 23.3 Å². The second kappa shape index (κ2) is 12.1. The van der Waals surface area contributed by atoms with Gasteiger partial charge in [-0.2, -0.15) is 0 Å². The van der Waals surface area contributed by atoms with Crippen LogP contribution < -0.4 is 21.3 Å². The Labute approximate surface area is 156 Å². The quantitative estimate of drug-likeness (QED) is 0.350. The van der Waals surface area contributed by atoms with E-state index in [0.29, 0.717) is 19.6 Å². The predicted molar refractivity (Wildman–Crippen MR) is 106 cm³/mol. The number of carbonyl (C=O) groups is 2. The first-order valence-electron chi connectivity index (χ1n) is 8.82. The van der Waals surface area contributed by atoms with Gasteiger partial charge in [-0.3, -0.25) is 4.79 Å². The van der Waals surface area contributed by atoms with Gasteiger partial charge in [0.15, 0.2) is 0 Å². The van der Waals surface area contributed by atoms with Gasteiger partial charge in [-0.25, -0.2) is 4.79 Å². The first-order valence-corrected chi connectivity index (χ1v) is 8.82. The van der Waals surface area contributed by atoms with Gasteiger partial charge in [0.1, 0.15) is 0 Å². The Morgan fingerprint density at radius 2 is 1.50 bits per heavy atom. The molecule has 8 nitrogen and oxygen atoms in total. The summed E-state index contributed by atoms with van der Waals surface area (Å²) in [5.74, 6) is 0.00965. The van der Waals surface area contributed by atoms with E-state index in [1.54, 1.807) is 0 Å². The Morgan fingerprint density at radius 1 is 0.885 bits per heavy atom. The number of amides is 3. The smallest absolute Gasteiger partial charge is 0.319 e. The third-order valence-corrected chi connectivity index (χ3v) is 3.57. The highest BCUT2D eigenvalue weighted by molar-refractivity contribution is 5.89. The number of hydrogen-bond donors (Lipinski definition) is 4. The summed E-state index contributed by atoms with van der Waals surface area (Å²) in [6.45, 7) is 2.66. The number of carbonyl (C=O) groups excluding carboxylic acids is 2. The molecule has 0 aromatic heterocycles. The highest BCUT2D eigenvalue weighted by Crippen LogP contribution is 2.12. The number of anilines is 2. The third-order valence-electron chi connectivity index (χ3n) is 3.57. The van der Waals surface area contributed by atoms with Crippen LogP contribution >= 0.6 is 0 Å². The lowest BCUT2D eigenvalue weighted by Gasteiger charge is -2.12. The van der Waals surface area contributed by atoms with E-state index >= 15 is 0 Å². The molecule has 0 spiro atoms. The third kappa shape index (κ3) is 10.5. The second-order valence-corrected chi connectivity index (χ2v) is 6.62. The Kier molecular flexibility index (Phi) is 10.1. The molecule has 26 heavy (non-hydrogen) atoms. The van der Waals surface area contributed by atoms with Crippen LogP contribution in [0.2, 0.25) is 0 Å². The van der Waals surface area contributed by atoms with Crippen LogP contribution in [0.1, 0.15) is 12.8 Å². The summed E-state index contributed by atoms with van der Waals surface area (Å²) < 4.78 is 0. The zero-order valence-corrected chi connectivity index (χ0v) is 16.3. The summed E-state index contributed by atoms with van der Waals surface area (Å²) in [5.41, 5.74) is 1.59. The maximum atomic E-state index is 11.8. The van der Waals surface area contributed by atoms with E-state index in [4.69, 9.17) is 0 Å². The average molecular weight is 364 g/mol. The number of hydrogen-bond acceptors (Lipinski definition) is 5. The van der Waals surface area contributed by atoms with Gasteiger partial charge in [-0.1, -0.05) is 0 Å². The van der Waals surface area contributed by atoms with Gasteiger partial charge < -0.3 is 31.1 Å². The molecule has 0 saturated carbocycles. The predicted octanol–water partition coefficient (Wildman–Crippen LogP) is 1.20. The summed E-state index contributed by atoms with van der Waals surface area (Å²) in [7, 11) is 7.88. The van der Waals surface area contributed by atoms with Gasteiger partial charge in [-0.15, -0.1) is 0 Å². The van der Waals surface area contributed by atoms with Crippen molar-refractivity contribution in [3.8, 4) is 0 Å². The fourth-order valence-electron chi connectivity index (χ4n) is 2.10. The normalized spacial score (nSPS) is 10.7. The number of benzene rings is 1. The van der Waals surface area contributed by atoms with Gasteiger partial charge >= 0.3 is 6.03 Å². The van der Waals surface area contributed by atoms with E-state index in [1.807, 2.05) is 57.4 Å². The molecule has 0 atom stereocenters. The molecule has 1 rings (SSSR count). The molecule has 0 saturated heterocycles. The minimum absolute atomic E-state index is 0.00965. The minimum atomic E-state index is -0.211. The number of nitrogens with zero attached hydrogens (tertiary/aromatic N) is 2. The number of rotatable bonds is 11. The lowest BCUT2D eigenvalue weighted by Crippen LogP contribution is -2.31. The molecule has 0 heterocycles. The maximum Gasteiger partial charge on any atom is 0.319 e. The van der Waals surface area contributed by atoms with Gasteiger partial charge in [0.2, 0.25) is 5.91 Å². The lowest BCUT2D eigenvalue weighted by molar-refractivity contribution is -0.121. The SMILES string of the molecule is CN(C)CCCNC(=O)Nc1ccc(NCNC(=O)CCN(C)C)cc1. The van der Waals surface area contributed by atoms with E-state index in [1.165, 1.54) is 0 Å². The monoisotopic (exact) mass is 364 g/mol. The Morgan fingerprint density at radius 3 is 2.12 bits per heavy atom. The van der Waals surface area contributed by atoms with Crippen LogP contribution in [0.5, 0.6) is 0 Å². The van der Waals surface area contributed by atoms with Gasteiger partial charge in [0.05, 0.1) is 6.67 Å². The fraction of sp³-hybridized carbons (Fsp3) is 0.556. The largest absolute Gasteiger partial charge is 0.368 e. The van der Waals surface area contributed by atoms with Crippen molar-refractivity contribution in [3.05, 3.63) is 24.3 Å². The van der Waals surface area contributed by atoms with Crippen molar-refractivity contribution in [3.63, 3.8) is 0 Å². The van der Waals surface area contributed by atoms with E-state index in [2.05, 4.69) is 26.2 Å². The molecule has 0 aliphatic rings. The van der Waals surface area contributed by atoms with E-state index < -0.39 is 0 Å². The van der Waals surface area contributed by atoms with Crippen molar-refractivity contribution in [1.82, 2.24) is 20.4 Å². The summed E-state index contributed by atoms with van der Waals surface area (Å²) >= 11 is 0. The van der Waals surface area contributed by atoms with Crippen LogP contribution in [0.25, 0.3) is 0 Å². The van der Waals surface area contributed by atoms with Crippen LogP contribution in [-0.2, 0) is 4.79 Å². The van der Waals surface area contributed by atoms with Gasteiger partial charge in [0.25, 0.3) is 0 Å². The molecule has 1 aromatic rings. The van der Waals surface area contributed by atoms with Crippen molar-refractivity contribution < 1.29 is 9.59 Å². The Balaban J connectivity index is 2.24. The summed E-state index contributed by atoms with van der Waals surface area (Å²) in [6.07, 6.45) is 1.38. The zero-order chi connectivity index (χ0) is 19.4. The summed E-state index contributed by atoms with van der Waals surface area (Å²) in [5, 5.41) is 11.5. The summed E-state index contributed by atoms with van der Waals surface area (Å²) in [6, 6.07) is 7.13. The second-order valence-electron chi connectivity index (χ2n) is 6.62. The van der Waals surface area contributed by atoms with Crippen LogP contribution in [0.3, 0.4) is 0 Å². The molecule has 146 valence electrons. The Hall–Kier alpha value is -2.32. The van der Waals surface area contributed by atoms with E-state index in [-0.39, 0.29) is 11.9 Å². The summed E-state index contributed by atoms with van der Waals surface area (Å²) in [4.78, 5) is 27.5. The topological polar surface area (TPSA) is 88.7 Å². The number of nitrogens with one attached hydrogen (secondary N) is 4. The van der Waals surface area contributed by atoms with Crippen LogP contribution in [0, 0.1) is 0 Å². The van der Waals surface area contributed by atoms with Gasteiger partial charge in [0, 0.05) is 30.9 Å². The van der Waals surface area contributed by atoms with Crippen molar-refractivity contribution in [2.45, 2.75) is 12.8 Å². The average Bonchev–Trinajstić information content (AvgIpc) is 2.58. The molecule has 8 heteroatoms. The number of urea groups is 1. The first-order chi connectivity index (χ1) is 12.4. The highest BCUT2D eigenvalue weighted by atomic mass is 16.2. The minimum Gasteiger partial charge on any atom is -0.368 e. The molecular formula is C18H32N6O2. The molecule has 0 aliphatic heterocycles. The Bertz CT molecular complexity index is 545. The molecule has 0 radical (unpaired) electrons. The molecule has 0 fully saturated rings. The maximum absolute atomic E-state index is 11.8. The lowest BCUT2D eigenvalue weighted by atomic mass is 10.3. The highest BCUT2D eigenvalue weighted by Gasteiger charge is 2.03. The van der Waals surface area contributed by atoms with Crippen molar-refractivity contribution in [2.24, 2.45) is 0 Å². The molecule has 3 amide bonds. The van der Waals surface area contributed by atoms with Crippen LogP contribution in [-0.4, -0.2) is 76.2 Å². The standard InChI is InChI=1S/C18H32N6O2/c1-23(2)12-5-11-19-18(26)22-16-8-6-15(7-9-16)20-14-21-17(25)10-13-24(3)4/h6-9,20H,5,10-14H2,1-4H3,(H,21,25)(H2,19,22,26). The van der Waals surface area contributed by atoms with Crippen LogP contribution in [0.15, 0.2) is 24.3 Å². The molecule has 4 N–H and O–H groups in total. The first kappa shape index (κ1) is 21.7.